The van der Waals surface area contributed by atoms with Crippen molar-refractivity contribution in [2.24, 2.45) is 0 Å². The van der Waals surface area contributed by atoms with E-state index in [1.54, 1.807) is 0 Å². The summed E-state index contributed by atoms with van der Waals surface area (Å²) in [7, 11) is 0. The van der Waals surface area contributed by atoms with E-state index in [0.717, 1.165) is 3.58 Å². The van der Waals surface area contributed by atoms with Crippen molar-refractivity contribution in [2.45, 2.75) is 25.2 Å². The van der Waals surface area contributed by atoms with Gasteiger partial charge in [-0.25, -0.2) is 4.79 Å². The fourth-order valence-corrected chi connectivity index (χ4v) is 2.12. The Balaban J connectivity index is 2.02. The molecule has 0 radical (unpaired) electrons. The third-order valence-electron chi connectivity index (χ3n) is 2.32. The Morgan fingerprint density at radius 1 is 1.57 bits per heavy atom. The Kier molecular flexibility index (Phi) is 2.81. The third-order valence-corrected chi connectivity index (χ3v) is 3.78. The van der Waals surface area contributed by atoms with Gasteiger partial charge in [-0.05, 0) is 29.5 Å². The van der Waals surface area contributed by atoms with Crippen LogP contribution in [0, 0.1) is 0 Å². The molecule has 0 amide bonds. The Morgan fingerprint density at radius 2 is 2.21 bits per heavy atom. The Labute approximate surface area is 95.7 Å². The van der Waals surface area contributed by atoms with Gasteiger partial charge in [-0.3, -0.25) is 0 Å². The van der Waals surface area contributed by atoms with Gasteiger partial charge in [0.1, 0.15) is 5.60 Å². The van der Waals surface area contributed by atoms with Crippen LogP contribution in [0.3, 0.4) is 0 Å². The predicted octanol–water partition coefficient (Wildman–Crippen LogP) is 1.38. The summed E-state index contributed by atoms with van der Waals surface area (Å²) < 4.78 is 16.8. The molecule has 4 nitrogen and oxygen atoms in total. The third kappa shape index (κ3) is 1.94. The molecule has 1 saturated heterocycles. The standard InChI is InChI=1S/C9H11IO4/c1-9(5-8-12-2-3-13-8)6(10)4-7(11)14-9/h4,8H,2-3,5H2,1H3. The molecule has 2 aliphatic heterocycles. The minimum absolute atomic E-state index is 0.246. The van der Waals surface area contributed by atoms with E-state index in [1.165, 1.54) is 6.08 Å². The van der Waals surface area contributed by atoms with Gasteiger partial charge < -0.3 is 14.2 Å². The summed E-state index contributed by atoms with van der Waals surface area (Å²) >= 11 is 2.12. The first-order chi connectivity index (χ1) is 6.60. The van der Waals surface area contributed by atoms with Gasteiger partial charge in [-0.1, -0.05) is 0 Å². The summed E-state index contributed by atoms with van der Waals surface area (Å²) in [6.07, 6.45) is 1.83. The minimum atomic E-state index is -0.563. The first-order valence-electron chi connectivity index (χ1n) is 4.44. The molecule has 1 unspecified atom stereocenters. The van der Waals surface area contributed by atoms with Crippen molar-refractivity contribution in [1.29, 1.82) is 0 Å². The zero-order valence-corrected chi connectivity index (χ0v) is 9.94. The lowest BCUT2D eigenvalue weighted by Crippen LogP contribution is -2.32. The molecule has 0 spiro atoms. The molecule has 0 saturated carbocycles. The highest BCUT2D eigenvalue weighted by molar-refractivity contribution is 14.1. The molecule has 0 aromatic heterocycles. The van der Waals surface area contributed by atoms with Crippen LogP contribution < -0.4 is 0 Å². The van der Waals surface area contributed by atoms with Gasteiger partial charge in [0.05, 0.1) is 13.2 Å². The molecular formula is C9H11IO4. The van der Waals surface area contributed by atoms with E-state index in [-0.39, 0.29) is 12.3 Å². The van der Waals surface area contributed by atoms with E-state index >= 15 is 0 Å². The molecule has 5 heteroatoms. The molecule has 2 heterocycles. The van der Waals surface area contributed by atoms with Crippen LogP contribution in [0.2, 0.25) is 0 Å². The first-order valence-corrected chi connectivity index (χ1v) is 5.52. The SMILES string of the molecule is CC1(CC2OCCO2)OC(=O)C=C1I. The zero-order chi connectivity index (χ0) is 10.2. The molecule has 1 fully saturated rings. The maximum Gasteiger partial charge on any atom is 0.332 e. The van der Waals surface area contributed by atoms with E-state index in [1.807, 2.05) is 6.92 Å². The number of esters is 1. The van der Waals surface area contributed by atoms with Crippen molar-refractivity contribution in [2.75, 3.05) is 13.2 Å². The number of ether oxygens (including phenoxy) is 3. The average Bonchev–Trinajstić information content (AvgIpc) is 2.62. The predicted molar refractivity (Wildman–Crippen MR) is 56.9 cm³/mol. The van der Waals surface area contributed by atoms with Crippen molar-refractivity contribution in [3.8, 4) is 0 Å². The molecule has 14 heavy (non-hydrogen) atoms. The molecule has 2 rings (SSSR count). The lowest BCUT2D eigenvalue weighted by Gasteiger charge is -2.26. The fourth-order valence-electron chi connectivity index (χ4n) is 1.54. The van der Waals surface area contributed by atoms with Crippen LogP contribution in [0.25, 0.3) is 0 Å². The summed E-state index contributed by atoms with van der Waals surface area (Å²) in [6.45, 7) is 3.12. The minimum Gasteiger partial charge on any atom is -0.451 e. The van der Waals surface area contributed by atoms with Crippen LogP contribution in [0.4, 0.5) is 0 Å². The monoisotopic (exact) mass is 310 g/mol. The van der Waals surface area contributed by atoms with Gasteiger partial charge in [-0.15, -0.1) is 0 Å². The maximum atomic E-state index is 11.1. The topological polar surface area (TPSA) is 44.8 Å². The first kappa shape index (κ1) is 10.4. The Morgan fingerprint density at radius 3 is 2.71 bits per heavy atom. The van der Waals surface area contributed by atoms with Crippen molar-refractivity contribution in [3.63, 3.8) is 0 Å². The van der Waals surface area contributed by atoms with Gasteiger partial charge in [0.2, 0.25) is 0 Å². The highest BCUT2D eigenvalue weighted by Crippen LogP contribution is 2.37. The normalized spacial score (nSPS) is 33.3. The van der Waals surface area contributed by atoms with Crippen LogP contribution in [-0.4, -0.2) is 31.1 Å². The van der Waals surface area contributed by atoms with Crippen LogP contribution in [0.5, 0.6) is 0 Å². The molecule has 0 aromatic carbocycles. The van der Waals surface area contributed by atoms with Crippen molar-refractivity contribution >= 4 is 28.6 Å². The number of cyclic esters (lactones) is 1. The summed E-state index contributed by atoms with van der Waals surface area (Å²) in [5.74, 6) is -0.283. The van der Waals surface area contributed by atoms with Gasteiger partial charge in [0, 0.05) is 16.1 Å². The van der Waals surface area contributed by atoms with E-state index in [4.69, 9.17) is 14.2 Å². The van der Waals surface area contributed by atoms with Gasteiger partial charge in [-0.2, -0.15) is 0 Å². The summed E-state index contributed by atoms with van der Waals surface area (Å²) in [5, 5.41) is 0. The molecular weight excluding hydrogens is 299 g/mol. The highest BCUT2D eigenvalue weighted by atomic mass is 127. The Hall–Kier alpha value is -0.140. The van der Waals surface area contributed by atoms with Gasteiger partial charge in [0.15, 0.2) is 6.29 Å². The second-order valence-electron chi connectivity index (χ2n) is 3.52. The smallest absolute Gasteiger partial charge is 0.332 e. The molecule has 1 atom stereocenters. The summed E-state index contributed by atoms with van der Waals surface area (Å²) in [5.41, 5.74) is -0.563. The fraction of sp³-hybridized carbons (Fsp3) is 0.667. The van der Waals surface area contributed by atoms with E-state index < -0.39 is 5.60 Å². The van der Waals surface area contributed by atoms with Crippen LogP contribution in [0.1, 0.15) is 13.3 Å². The molecule has 0 N–H and O–H groups in total. The molecule has 2 aliphatic rings. The van der Waals surface area contributed by atoms with Crippen LogP contribution >= 0.6 is 22.6 Å². The van der Waals surface area contributed by atoms with E-state index in [2.05, 4.69) is 22.6 Å². The molecule has 0 aliphatic carbocycles. The molecule has 0 aromatic rings. The quantitative estimate of drug-likeness (QED) is 0.571. The molecule has 0 bridgehead atoms. The van der Waals surface area contributed by atoms with Crippen LogP contribution in [-0.2, 0) is 19.0 Å². The zero-order valence-electron chi connectivity index (χ0n) is 7.79. The number of rotatable bonds is 2. The second kappa shape index (κ2) is 3.79. The summed E-state index contributed by atoms with van der Waals surface area (Å²) in [4.78, 5) is 11.1. The van der Waals surface area contributed by atoms with Crippen molar-refractivity contribution < 1.29 is 19.0 Å². The van der Waals surface area contributed by atoms with E-state index in [9.17, 15) is 4.79 Å². The van der Waals surface area contributed by atoms with Crippen molar-refractivity contribution in [3.05, 3.63) is 9.66 Å². The Bertz CT molecular complexity index is 283. The number of hydrogen-bond acceptors (Lipinski definition) is 4. The summed E-state index contributed by atoms with van der Waals surface area (Å²) in [6, 6.07) is 0. The lowest BCUT2D eigenvalue weighted by molar-refractivity contribution is -0.151. The number of carbonyl (C=O) groups excluding carboxylic acids is 1. The van der Waals surface area contributed by atoms with Crippen LogP contribution in [0.15, 0.2) is 9.66 Å². The van der Waals surface area contributed by atoms with E-state index in [0.29, 0.717) is 19.6 Å². The number of hydrogen-bond donors (Lipinski definition) is 0. The number of carbonyl (C=O) groups is 1. The number of halogens is 1. The molecule has 78 valence electrons. The van der Waals surface area contributed by atoms with Gasteiger partial charge in [0.25, 0.3) is 0 Å². The van der Waals surface area contributed by atoms with Gasteiger partial charge >= 0.3 is 5.97 Å². The highest BCUT2D eigenvalue weighted by Gasteiger charge is 2.40. The van der Waals surface area contributed by atoms with Crippen molar-refractivity contribution in [1.82, 2.24) is 0 Å². The largest absolute Gasteiger partial charge is 0.451 e. The maximum absolute atomic E-state index is 11.1. The lowest BCUT2D eigenvalue weighted by atomic mass is 10.0. The average molecular weight is 310 g/mol. The second-order valence-corrected chi connectivity index (χ2v) is 4.68.